The monoisotopic (exact) mass is 1840 g/mol. The van der Waals surface area contributed by atoms with Crippen molar-refractivity contribution in [3.8, 4) is 67.0 Å². The van der Waals surface area contributed by atoms with Crippen LogP contribution >= 0.6 is 0 Å². The van der Waals surface area contributed by atoms with Gasteiger partial charge in [-0.1, -0.05) is 309 Å². The van der Waals surface area contributed by atoms with Gasteiger partial charge in [-0.25, -0.2) is 0 Å². The minimum Gasteiger partial charge on any atom is -0.310 e. The molecule has 143 heavy (non-hydrogen) atoms. The smallest absolute Gasteiger partial charge is 0.0561 e. The van der Waals surface area contributed by atoms with E-state index in [-0.39, 0.29) is 16.2 Å². The fraction of sp³-hybridized carbons (Fsp3) is 0.217. The van der Waals surface area contributed by atoms with Crippen molar-refractivity contribution < 1.29 is 0 Å². The van der Waals surface area contributed by atoms with Crippen molar-refractivity contribution in [2.24, 2.45) is 71.0 Å². The molecule has 5 nitrogen and oxygen atoms in total. The minimum atomic E-state index is 0.140. The van der Waals surface area contributed by atoms with Gasteiger partial charge in [-0.2, -0.15) is 0 Å². The van der Waals surface area contributed by atoms with Crippen LogP contribution in [-0.4, -0.2) is 9.13 Å². The Morgan fingerprint density at radius 2 is 0.434 bits per heavy atom. The summed E-state index contributed by atoms with van der Waals surface area (Å²) in [5.74, 6) is 10.1. The molecule has 12 bridgehead atoms. The first-order chi connectivity index (χ1) is 70.8. The van der Waals surface area contributed by atoms with Crippen LogP contribution in [0.3, 0.4) is 0 Å². The number of para-hydroxylation sites is 7. The summed E-state index contributed by atoms with van der Waals surface area (Å²) >= 11 is 0. The third-order valence-electron chi connectivity index (χ3n) is 37.7. The van der Waals surface area contributed by atoms with Crippen molar-refractivity contribution in [1.29, 1.82) is 0 Å². The first-order valence-electron chi connectivity index (χ1n) is 53.5. The summed E-state index contributed by atoms with van der Waals surface area (Å²) in [7, 11) is 0. The van der Waals surface area contributed by atoms with Gasteiger partial charge in [0.1, 0.15) is 0 Å². The third kappa shape index (κ3) is 12.6. The molecule has 2 aromatic heterocycles. The normalized spacial score (nSPS) is 24.7. The van der Waals surface area contributed by atoms with Crippen LogP contribution in [0.4, 0.5) is 51.2 Å². The predicted molar refractivity (Wildman–Crippen MR) is 593 cm³/mol. The van der Waals surface area contributed by atoms with Gasteiger partial charge in [-0.05, 0) is 373 Å². The molecule has 35 rings (SSSR count). The van der Waals surface area contributed by atoms with E-state index in [9.17, 15) is 0 Å². The van der Waals surface area contributed by atoms with Gasteiger partial charge in [-0.3, -0.25) is 0 Å². The van der Waals surface area contributed by atoms with Crippen LogP contribution in [0.2, 0.25) is 0 Å². The molecular weight excluding hydrogens is 1730 g/mol. The number of rotatable bonds is 13. The molecule has 0 atom stereocenters. The van der Waals surface area contributed by atoms with Crippen molar-refractivity contribution in [2.45, 2.75) is 113 Å². The van der Waals surface area contributed by atoms with E-state index in [1.165, 1.54) is 258 Å². The van der Waals surface area contributed by atoms with Gasteiger partial charge in [0, 0.05) is 100.0 Å². The van der Waals surface area contributed by atoms with E-state index in [0.29, 0.717) is 0 Å². The lowest BCUT2D eigenvalue weighted by atomic mass is 9.43. The maximum atomic E-state index is 2.54. The first-order valence-corrected chi connectivity index (χ1v) is 53.5. The lowest BCUT2D eigenvalue weighted by Gasteiger charge is -2.61. The average Bonchev–Trinajstić information content (AvgIpc) is 1.53. The van der Waals surface area contributed by atoms with Gasteiger partial charge < -0.3 is 23.8 Å². The second-order valence-corrected chi connectivity index (χ2v) is 44.5. The molecule has 0 radical (unpaired) electrons. The number of benzene rings is 18. The second kappa shape index (κ2) is 33.0. The van der Waals surface area contributed by atoms with Crippen LogP contribution < -0.4 is 14.7 Å². The Bertz CT molecular complexity index is 8270. The molecule has 20 aromatic rings. The van der Waals surface area contributed by atoms with Gasteiger partial charge in [-0.15, -0.1) is 0 Å². The number of anilines is 9. The Balaban J connectivity index is 0.000000100. The summed E-state index contributed by atoms with van der Waals surface area (Å²) in [5, 5.41) is 5.12. The summed E-state index contributed by atoms with van der Waals surface area (Å²) < 4.78 is 4.85. The lowest BCUT2D eigenvalue weighted by Crippen LogP contribution is -2.55. The minimum absolute atomic E-state index is 0.140. The largest absolute Gasteiger partial charge is 0.310 e. The first kappa shape index (κ1) is 83.7. The van der Waals surface area contributed by atoms with E-state index < -0.39 is 0 Å². The molecular formula is C138H115N5. The standard InChI is InChI=1S/2C46H38N2.C46H39N/c1-3-12-34(13-4-1)47(36-22-23-38-37-16-8-10-20-42(37)48(44(38)29-36)35-14-5-2-6-15-35)43-21-11-19-41-45(43)39-17-7-9-18-40(39)46(41)32-25-30-24-31(27-32)28-33(46)26-30;1-3-12-34(13-4-1)47(36-22-23-43-39(29-36)37-16-8-10-20-42(37)48(43)35-14-5-2-6-15-35)44-21-11-19-41-45(44)38-17-7-9-18-40(38)46(41)32-25-30-24-31(27-32)28-33(46)26-30;1-3-10-33(11-4-1)34-18-20-35(21-19-34)36-22-24-40(25-23-36)47(39-12-5-2-6-13-39)44-17-9-16-43-45(44)41-14-7-8-15-42(41)46(43)37-27-31-26-32(29-37)30-38(46)28-31/h2*1-23,29-33H,24-28H2;1-25,31-32,37-38H,26-30H2. The fourth-order valence-corrected chi connectivity index (χ4v) is 33.3. The van der Waals surface area contributed by atoms with Gasteiger partial charge in [0.2, 0.25) is 0 Å². The van der Waals surface area contributed by atoms with Crippen LogP contribution in [0.25, 0.3) is 111 Å². The topological polar surface area (TPSA) is 19.6 Å². The molecule has 2 heterocycles. The molecule has 0 amide bonds. The number of nitrogens with zero attached hydrogens (tertiary/aromatic N) is 5. The zero-order valence-electron chi connectivity index (χ0n) is 80.9. The highest BCUT2D eigenvalue weighted by atomic mass is 15.2. The maximum absolute atomic E-state index is 2.54. The van der Waals surface area contributed by atoms with Crippen molar-refractivity contribution in [2.75, 3.05) is 14.7 Å². The predicted octanol–water partition coefficient (Wildman–Crippen LogP) is 36.2. The zero-order valence-corrected chi connectivity index (χ0v) is 80.9. The molecule has 18 aromatic carbocycles. The maximum Gasteiger partial charge on any atom is 0.0561 e. The lowest BCUT2D eigenvalue weighted by molar-refractivity contribution is -0.0399. The quantitative estimate of drug-likeness (QED) is 0.115. The highest BCUT2D eigenvalue weighted by Crippen LogP contribution is 2.75. The van der Waals surface area contributed by atoms with E-state index in [0.717, 1.165) is 71.0 Å². The molecule has 15 aliphatic carbocycles. The molecule has 5 heteroatoms. The van der Waals surface area contributed by atoms with Crippen molar-refractivity contribution in [3.63, 3.8) is 0 Å². The van der Waals surface area contributed by atoms with Gasteiger partial charge >= 0.3 is 0 Å². The Kier molecular flexibility index (Phi) is 19.3. The number of aromatic nitrogens is 2. The molecule has 15 aliphatic rings. The molecule has 0 aliphatic heterocycles. The summed E-state index contributed by atoms with van der Waals surface area (Å²) in [5.41, 5.74) is 42.1. The zero-order chi connectivity index (χ0) is 93.7. The number of hydrogen-bond acceptors (Lipinski definition) is 3. The number of hydrogen-bond donors (Lipinski definition) is 0. The van der Waals surface area contributed by atoms with Crippen LogP contribution in [0, 0.1) is 71.0 Å². The average molecular weight is 1840 g/mol. The Morgan fingerprint density at radius 1 is 0.175 bits per heavy atom. The van der Waals surface area contributed by atoms with E-state index >= 15 is 0 Å². The van der Waals surface area contributed by atoms with Gasteiger partial charge in [0.15, 0.2) is 0 Å². The second-order valence-electron chi connectivity index (χ2n) is 44.5. The van der Waals surface area contributed by atoms with Crippen LogP contribution in [-0.2, 0) is 16.2 Å². The summed E-state index contributed by atoms with van der Waals surface area (Å²) in [6.07, 6.45) is 21.2. The molecule has 0 saturated heterocycles. The molecule has 3 spiro atoms. The van der Waals surface area contributed by atoms with Crippen LogP contribution in [0.1, 0.15) is 130 Å². The molecule has 0 N–H and O–H groups in total. The highest BCUT2D eigenvalue weighted by molar-refractivity contribution is 6.13. The van der Waals surface area contributed by atoms with E-state index in [4.69, 9.17) is 0 Å². The molecule has 692 valence electrons. The molecule has 0 unspecified atom stereocenters. The van der Waals surface area contributed by atoms with E-state index in [2.05, 4.69) is 467 Å². The Hall–Kier alpha value is -15.0. The van der Waals surface area contributed by atoms with Crippen LogP contribution in [0.15, 0.2) is 443 Å². The van der Waals surface area contributed by atoms with Gasteiger partial charge in [0.25, 0.3) is 0 Å². The summed E-state index contributed by atoms with van der Waals surface area (Å²) in [6, 6.07) is 166. The van der Waals surface area contributed by atoms with Crippen LogP contribution in [0.5, 0.6) is 0 Å². The third-order valence-corrected chi connectivity index (χ3v) is 37.7. The Labute approximate surface area is 839 Å². The van der Waals surface area contributed by atoms with Crippen molar-refractivity contribution >= 4 is 94.8 Å². The summed E-state index contributed by atoms with van der Waals surface area (Å²) in [6.45, 7) is 0. The molecule has 12 saturated carbocycles. The molecule has 12 fully saturated rings. The van der Waals surface area contributed by atoms with Crippen molar-refractivity contribution in [3.05, 3.63) is 476 Å². The van der Waals surface area contributed by atoms with Gasteiger partial charge in [0.05, 0.1) is 39.1 Å². The van der Waals surface area contributed by atoms with Crippen molar-refractivity contribution in [1.82, 2.24) is 9.13 Å². The fourth-order valence-electron chi connectivity index (χ4n) is 33.3. The summed E-state index contributed by atoms with van der Waals surface area (Å²) in [4.78, 5) is 7.59. The number of fused-ring (bicyclic) bond motifs is 15. The highest BCUT2D eigenvalue weighted by Gasteiger charge is 2.66. The van der Waals surface area contributed by atoms with E-state index in [1.807, 2.05) is 0 Å². The SMILES string of the molecule is c1ccc(-c2ccc(-c3ccc(N(c4ccccc4)c4cccc5c4-c4ccccc4C54C5CC6CC(C5)CC4C6)cc3)cc2)cc1.c1ccc(N(c2ccc3c(c2)c2ccccc2n3-c2ccccc2)c2cccc3c2-c2ccccc2C32C3CC4CC(C3)CC2C4)cc1.c1ccc(N(c2ccc3c4ccccc4n(-c4ccccc4)c3c2)c2cccc3c2-c2ccccc2C32C3CC4CC(C3)CC2C4)cc1. The Morgan fingerprint density at radius 3 is 0.818 bits per heavy atom. The van der Waals surface area contributed by atoms with E-state index in [1.54, 1.807) is 33.4 Å².